The lowest BCUT2D eigenvalue weighted by Crippen LogP contribution is -2.25. The van der Waals surface area contributed by atoms with E-state index in [0.717, 1.165) is 30.8 Å². The SMILES string of the molecule is CN(C)C(=O)c1cnc(N[C@H]2CC[C@H](Nc3ccc(-n4ccccc4=O)cn3)C2)nn1. The maximum atomic E-state index is 11.9. The fourth-order valence-corrected chi connectivity index (χ4v) is 3.56. The van der Waals surface area contributed by atoms with Crippen molar-refractivity contribution in [2.75, 3.05) is 24.7 Å². The van der Waals surface area contributed by atoms with Gasteiger partial charge in [-0.25, -0.2) is 9.97 Å². The molecular weight excluding hydrogens is 396 g/mol. The van der Waals surface area contributed by atoms with Crippen LogP contribution in [0.5, 0.6) is 0 Å². The summed E-state index contributed by atoms with van der Waals surface area (Å²) in [5.41, 5.74) is 0.849. The molecule has 0 saturated heterocycles. The van der Waals surface area contributed by atoms with E-state index in [0.29, 0.717) is 5.95 Å². The van der Waals surface area contributed by atoms with Crippen LogP contribution in [0, 0.1) is 0 Å². The quantitative estimate of drug-likeness (QED) is 0.617. The van der Waals surface area contributed by atoms with Crippen LogP contribution in [0.15, 0.2) is 53.7 Å². The number of carbonyl (C=O) groups excluding carboxylic acids is 1. The third-order valence-electron chi connectivity index (χ3n) is 5.15. The Balaban J connectivity index is 1.32. The Kier molecular flexibility index (Phi) is 5.87. The standard InChI is InChI=1S/C21H24N8O2/c1-28(2)20(31)17-13-23-21(27-26-17)25-15-7-6-14(11-15)24-18-9-8-16(12-22-18)29-10-4-3-5-19(29)30/h3-5,8-10,12-15H,6-7,11H2,1-2H3,(H,22,24)(H,23,25,27)/t14-,15-/m0/s1. The van der Waals surface area contributed by atoms with Crippen molar-refractivity contribution in [2.45, 2.75) is 31.3 Å². The Hall–Kier alpha value is -3.82. The summed E-state index contributed by atoms with van der Waals surface area (Å²) in [5, 5.41) is 14.7. The molecule has 0 spiro atoms. The number of pyridine rings is 2. The number of hydrogen-bond acceptors (Lipinski definition) is 8. The van der Waals surface area contributed by atoms with Gasteiger partial charge in [0.15, 0.2) is 5.69 Å². The first-order chi connectivity index (χ1) is 15.0. The zero-order valence-electron chi connectivity index (χ0n) is 17.4. The summed E-state index contributed by atoms with van der Waals surface area (Å²) in [5.74, 6) is 0.951. The van der Waals surface area contributed by atoms with Crippen LogP contribution in [0.3, 0.4) is 0 Å². The molecule has 3 heterocycles. The molecule has 3 aromatic rings. The molecule has 1 amide bonds. The van der Waals surface area contributed by atoms with Crippen LogP contribution < -0.4 is 16.2 Å². The maximum Gasteiger partial charge on any atom is 0.275 e. The van der Waals surface area contributed by atoms with Gasteiger partial charge in [-0.05, 0) is 37.5 Å². The number of anilines is 2. The largest absolute Gasteiger partial charge is 0.367 e. The Morgan fingerprint density at radius 2 is 1.84 bits per heavy atom. The minimum atomic E-state index is -0.229. The van der Waals surface area contributed by atoms with Crippen LogP contribution in [0.1, 0.15) is 29.8 Å². The summed E-state index contributed by atoms with van der Waals surface area (Å²) >= 11 is 0. The monoisotopic (exact) mass is 420 g/mol. The lowest BCUT2D eigenvalue weighted by molar-refractivity contribution is 0.0820. The van der Waals surface area contributed by atoms with Crippen LogP contribution in [0.2, 0.25) is 0 Å². The molecule has 0 unspecified atom stereocenters. The van der Waals surface area contributed by atoms with E-state index in [2.05, 4.69) is 30.8 Å². The molecule has 0 aliphatic heterocycles. The van der Waals surface area contributed by atoms with Gasteiger partial charge in [-0.15, -0.1) is 10.2 Å². The molecule has 2 atom stereocenters. The molecule has 10 heteroatoms. The van der Waals surface area contributed by atoms with Crippen molar-refractivity contribution in [3.05, 3.63) is 65.0 Å². The Labute approximate surface area is 179 Å². The molecule has 10 nitrogen and oxygen atoms in total. The van der Waals surface area contributed by atoms with Crippen molar-refractivity contribution < 1.29 is 4.79 Å². The number of rotatable bonds is 6. The molecule has 31 heavy (non-hydrogen) atoms. The summed E-state index contributed by atoms with van der Waals surface area (Å²) < 4.78 is 1.55. The third-order valence-corrected chi connectivity index (χ3v) is 5.15. The van der Waals surface area contributed by atoms with E-state index in [4.69, 9.17) is 0 Å². The second-order valence-electron chi connectivity index (χ2n) is 7.67. The van der Waals surface area contributed by atoms with Crippen molar-refractivity contribution in [2.24, 2.45) is 0 Å². The van der Waals surface area contributed by atoms with E-state index < -0.39 is 0 Å². The second kappa shape index (κ2) is 8.90. The molecule has 4 rings (SSSR count). The predicted molar refractivity (Wildman–Crippen MR) is 116 cm³/mol. The van der Waals surface area contributed by atoms with Gasteiger partial charge in [0.25, 0.3) is 11.5 Å². The van der Waals surface area contributed by atoms with Crippen LogP contribution in [0.25, 0.3) is 5.69 Å². The molecule has 3 aromatic heterocycles. The number of nitrogens with one attached hydrogen (secondary N) is 2. The average molecular weight is 420 g/mol. The van der Waals surface area contributed by atoms with Crippen molar-refractivity contribution in [1.82, 2.24) is 29.6 Å². The van der Waals surface area contributed by atoms with Crippen molar-refractivity contribution in [1.29, 1.82) is 0 Å². The van der Waals surface area contributed by atoms with E-state index in [-0.39, 0.29) is 29.2 Å². The Bertz CT molecular complexity index is 1100. The summed E-state index contributed by atoms with van der Waals surface area (Å²) in [6.45, 7) is 0. The molecule has 0 radical (unpaired) electrons. The normalized spacial score (nSPS) is 17.9. The molecule has 1 fully saturated rings. The van der Waals surface area contributed by atoms with E-state index in [1.165, 1.54) is 17.2 Å². The van der Waals surface area contributed by atoms with Gasteiger partial charge in [-0.2, -0.15) is 0 Å². The second-order valence-corrected chi connectivity index (χ2v) is 7.67. The zero-order valence-corrected chi connectivity index (χ0v) is 17.4. The highest BCUT2D eigenvalue weighted by atomic mass is 16.2. The highest BCUT2D eigenvalue weighted by molar-refractivity contribution is 5.91. The van der Waals surface area contributed by atoms with Gasteiger partial charge in [-0.1, -0.05) is 6.07 Å². The minimum absolute atomic E-state index is 0.0921. The van der Waals surface area contributed by atoms with Gasteiger partial charge in [-0.3, -0.25) is 14.2 Å². The van der Waals surface area contributed by atoms with Crippen molar-refractivity contribution in [3.63, 3.8) is 0 Å². The van der Waals surface area contributed by atoms with Crippen molar-refractivity contribution in [3.8, 4) is 5.69 Å². The van der Waals surface area contributed by atoms with E-state index >= 15 is 0 Å². The molecule has 2 N–H and O–H groups in total. The smallest absolute Gasteiger partial charge is 0.275 e. The van der Waals surface area contributed by atoms with Gasteiger partial charge < -0.3 is 15.5 Å². The summed E-state index contributed by atoms with van der Waals surface area (Å²) in [7, 11) is 3.32. The molecule has 1 saturated carbocycles. The van der Waals surface area contributed by atoms with Gasteiger partial charge >= 0.3 is 0 Å². The van der Waals surface area contributed by atoms with Gasteiger partial charge in [0.05, 0.1) is 18.1 Å². The minimum Gasteiger partial charge on any atom is -0.367 e. The van der Waals surface area contributed by atoms with Crippen LogP contribution in [-0.2, 0) is 0 Å². The van der Waals surface area contributed by atoms with Crippen molar-refractivity contribution >= 4 is 17.7 Å². The topological polar surface area (TPSA) is 118 Å². The Morgan fingerprint density at radius 1 is 1.03 bits per heavy atom. The number of nitrogens with zero attached hydrogens (tertiary/aromatic N) is 6. The number of carbonyl (C=O) groups is 1. The number of hydrogen-bond donors (Lipinski definition) is 2. The number of amides is 1. The van der Waals surface area contributed by atoms with Gasteiger partial charge in [0.2, 0.25) is 5.95 Å². The predicted octanol–water partition coefficient (Wildman–Crippen LogP) is 1.56. The van der Waals surface area contributed by atoms with Crippen LogP contribution >= 0.6 is 0 Å². The molecule has 160 valence electrons. The first-order valence-corrected chi connectivity index (χ1v) is 10.1. The number of aromatic nitrogens is 5. The maximum absolute atomic E-state index is 11.9. The highest BCUT2D eigenvalue weighted by Crippen LogP contribution is 2.24. The van der Waals surface area contributed by atoms with Gasteiger partial charge in [0.1, 0.15) is 5.82 Å². The van der Waals surface area contributed by atoms with Crippen LogP contribution in [-0.4, -0.2) is 61.7 Å². The van der Waals surface area contributed by atoms with E-state index in [1.807, 2.05) is 18.2 Å². The Morgan fingerprint density at radius 3 is 2.48 bits per heavy atom. The molecule has 1 aliphatic rings. The first-order valence-electron chi connectivity index (χ1n) is 10.1. The fraction of sp³-hybridized carbons (Fsp3) is 0.333. The summed E-state index contributed by atoms with van der Waals surface area (Å²) in [6, 6.07) is 9.26. The van der Waals surface area contributed by atoms with Gasteiger partial charge in [0, 0.05) is 38.4 Å². The average Bonchev–Trinajstić information content (AvgIpc) is 3.21. The zero-order chi connectivity index (χ0) is 21.8. The molecule has 0 aromatic carbocycles. The fourth-order valence-electron chi connectivity index (χ4n) is 3.56. The molecule has 0 bridgehead atoms. The van der Waals surface area contributed by atoms with E-state index in [1.54, 1.807) is 37.1 Å². The lowest BCUT2D eigenvalue weighted by atomic mass is 10.2. The summed E-state index contributed by atoms with van der Waals surface area (Å²) in [6.07, 6.45) is 7.65. The highest BCUT2D eigenvalue weighted by Gasteiger charge is 2.25. The lowest BCUT2D eigenvalue weighted by Gasteiger charge is -2.15. The summed E-state index contributed by atoms with van der Waals surface area (Å²) in [4.78, 5) is 33.9. The first kappa shape index (κ1) is 20.5. The molecule has 1 aliphatic carbocycles. The third kappa shape index (κ3) is 4.85. The van der Waals surface area contributed by atoms with E-state index in [9.17, 15) is 9.59 Å². The molecular formula is C21H24N8O2. The van der Waals surface area contributed by atoms with Crippen LogP contribution in [0.4, 0.5) is 11.8 Å².